The molecule has 5 heteroatoms. The smallest absolute Gasteiger partial charge is 0.124 e. The summed E-state index contributed by atoms with van der Waals surface area (Å²) in [4.78, 5) is 0. The molecule has 108 valence electrons. The summed E-state index contributed by atoms with van der Waals surface area (Å²) in [6.07, 6.45) is -1.02. The van der Waals surface area contributed by atoms with Crippen molar-refractivity contribution in [1.29, 1.82) is 5.26 Å². The van der Waals surface area contributed by atoms with Crippen molar-refractivity contribution in [3.8, 4) is 11.8 Å². The van der Waals surface area contributed by atoms with E-state index in [1.807, 2.05) is 0 Å². The summed E-state index contributed by atoms with van der Waals surface area (Å²) in [6, 6.07) is 14.0. The Balaban J connectivity index is 2.41. The van der Waals surface area contributed by atoms with Gasteiger partial charge in [0.1, 0.15) is 17.8 Å². The minimum absolute atomic E-state index is 0.349. The second kappa shape index (κ2) is 6.82. The maximum absolute atomic E-state index is 10.5. The fraction of sp³-hybridized carbons (Fsp3) is 0.188. The molecule has 0 aliphatic rings. The zero-order valence-corrected chi connectivity index (χ0v) is 12.8. The molecule has 0 saturated heterocycles. The van der Waals surface area contributed by atoms with E-state index in [0.29, 0.717) is 26.9 Å². The Kier molecular flexibility index (Phi) is 5.08. The molecule has 1 N–H and O–H groups in total. The topological polar surface area (TPSA) is 53.2 Å². The lowest BCUT2D eigenvalue weighted by molar-refractivity contribution is 0.160. The molecule has 2 atom stereocenters. The van der Waals surface area contributed by atoms with Gasteiger partial charge in [-0.2, -0.15) is 5.26 Å². The summed E-state index contributed by atoms with van der Waals surface area (Å²) in [5, 5.41) is 20.7. The number of benzene rings is 2. The Morgan fingerprint density at radius 1 is 1.14 bits per heavy atom. The van der Waals surface area contributed by atoms with Crippen LogP contribution in [-0.4, -0.2) is 12.2 Å². The Morgan fingerprint density at radius 3 is 2.48 bits per heavy atom. The normalized spacial score (nSPS) is 13.3. The van der Waals surface area contributed by atoms with E-state index in [0.717, 1.165) is 0 Å². The van der Waals surface area contributed by atoms with Gasteiger partial charge in [0.25, 0.3) is 0 Å². The van der Waals surface area contributed by atoms with Gasteiger partial charge in [0.05, 0.1) is 23.2 Å². The molecule has 0 aromatic heterocycles. The van der Waals surface area contributed by atoms with Crippen molar-refractivity contribution in [2.75, 3.05) is 7.11 Å². The number of nitriles is 1. The minimum atomic E-state index is -1.02. The molecule has 0 spiro atoms. The second-order valence-corrected chi connectivity index (χ2v) is 5.28. The SMILES string of the molecule is COc1ccccc1C(O)C(C#N)c1ccc(Cl)c(Cl)c1. The van der Waals surface area contributed by atoms with E-state index in [2.05, 4.69) is 6.07 Å². The number of methoxy groups -OCH3 is 1. The molecule has 0 aliphatic heterocycles. The average molecular weight is 322 g/mol. The summed E-state index contributed by atoms with van der Waals surface area (Å²) >= 11 is 11.9. The maximum Gasteiger partial charge on any atom is 0.124 e. The number of aliphatic hydroxyl groups excluding tert-OH is 1. The Morgan fingerprint density at radius 2 is 1.86 bits per heavy atom. The number of hydrogen-bond donors (Lipinski definition) is 1. The molecule has 0 aliphatic carbocycles. The zero-order chi connectivity index (χ0) is 15.4. The van der Waals surface area contributed by atoms with Gasteiger partial charge in [-0.3, -0.25) is 0 Å². The van der Waals surface area contributed by atoms with E-state index in [1.54, 1.807) is 42.5 Å². The van der Waals surface area contributed by atoms with Gasteiger partial charge in [-0.25, -0.2) is 0 Å². The summed E-state index contributed by atoms with van der Waals surface area (Å²) in [7, 11) is 1.52. The molecular formula is C16H13Cl2NO2. The van der Waals surface area contributed by atoms with Gasteiger partial charge in [0.15, 0.2) is 0 Å². The zero-order valence-electron chi connectivity index (χ0n) is 11.3. The monoisotopic (exact) mass is 321 g/mol. The number of para-hydroxylation sites is 1. The highest BCUT2D eigenvalue weighted by molar-refractivity contribution is 6.42. The molecule has 0 heterocycles. The van der Waals surface area contributed by atoms with Gasteiger partial charge in [0, 0.05) is 5.56 Å². The van der Waals surface area contributed by atoms with Crippen LogP contribution in [-0.2, 0) is 0 Å². The number of ether oxygens (including phenoxy) is 1. The van der Waals surface area contributed by atoms with E-state index in [-0.39, 0.29) is 0 Å². The summed E-state index contributed by atoms with van der Waals surface area (Å²) < 4.78 is 5.22. The van der Waals surface area contributed by atoms with Crippen LogP contribution >= 0.6 is 23.2 Å². The largest absolute Gasteiger partial charge is 0.496 e. The maximum atomic E-state index is 10.5. The molecule has 0 saturated carbocycles. The van der Waals surface area contributed by atoms with Crippen molar-refractivity contribution < 1.29 is 9.84 Å². The number of nitrogens with zero attached hydrogens (tertiary/aromatic N) is 1. The highest BCUT2D eigenvalue weighted by Crippen LogP contribution is 2.37. The van der Waals surface area contributed by atoms with E-state index in [4.69, 9.17) is 27.9 Å². The van der Waals surface area contributed by atoms with Gasteiger partial charge in [-0.15, -0.1) is 0 Å². The van der Waals surface area contributed by atoms with Crippen molar-refractivity contribution >= 4 is 23.2 Å². The quantitative estimate of drug-likeness (QED) is 0.911. The fourth-order valence-corrected chi connectivity index (χ4v) is 2.43. The van der Waals surface area contributed by atoms with Crippen LogP contribution in [0.5, 0.6) is 5.75 Å². The summed E-state index contributed by atoms with van der Waals surface area (Å²) in [5.41, 5.74) is 1.16. The molecular weight excluding hydrogens is 309 g/mol. The van der Waals surface area contributed by atoms with E-state index in [1.165, 1.54) is 7.11 Å². The molecule has 0 amide bonds. The van der Waals surface area contributed by atoms with E-state index < -0.39 is 12.0 Å². The van der Waals surface area contributed by atoms with E-state index in [9.17, 15) is 10.4 Å². The van der Waals surface area contributed by atoms with E-state index >= 15 is 0 Å². The first kappa shape index (κ1) is 15.7. The number of rotatable bonds is 4. The van der Waals surface area contributed by atoms with Crippen molar-refractivity contribution in [3.63, 3.8) is 0 Å². The number of hydrogen-bond acceptors (Lipinski definition) is 3. The third kappa shape index (κ3) is 3.30. The first-order valence-electron chi connectivity index (χ1n) is 6.24. The lowest BCUT2D eigenvalue weighted by atomic mass is 9.90. The van der Waals surface area contributed by atoms with Crippen molar-refractivity contribution in [3.05, 3.63) is 63.6 Å². The van der Waals surface area contributed by atoms with Gasteiger partial charge in [0.2, 0.25) is 0 Å². The predicted octanol–water partition coefficient (Wildman–Crippen LogP) is 4.34. The third-order valence-electron chi connectivity index (χ3n) is 3.22. The first-order valence-corrected chi connectivity index (χ1v) is 6.99. The lowest BCUT2D eigenvalue weighted by Gasteiger charge is -2.20. The molecule has 2 unspecified atom stereocenters. The standard InChI is InChI=1S/C16H13Cl2NO2/c1-21-15-5-3-2-4-11(15)16(20)12(9-19)10-6-7-13(17)14(18)8-10/h2-8,12,16,20H,1H3. The molecule has 2 aromatic rings. The van der Waals surface area contributed by atoms with Crippen LogP contribution in [0.4, 0.5) is 0 Å². The third-order valence-corrected chi connectivity index (χ3v) is 3.95. The van der Waals surface area contributed by atoms with Gasteiger partial charge in [-0.05, 0) is 23.8 Å². The Bertz CT molecular complexity index is 682. The average Bonchev–Trinajstić information content (AvgIpc) is 2.51. The van der Waals surface area contributed by atoms with Crippen LogP contribution in [0.25, 0.3) is 0 Å². The van der Waals surface area contributed by atoms with Gasteiger partial charge < -0.3 is 9.84 Å². The molecule has 0 fully saturated rings. The number of aliphatic hydroxyl groups is 1. The van der Waals surface area contributed by atoms with Crippen molar-refractivity contribution in [2.24, 2.45) is 0 Å². The summed E-state index contributed by atoms with van der Waals surface area (Å²) in [6.45, 7) is 0. The van der Waals surface area contributed by atoms with Crippen LogP contribution in [0.15, 0.2) is 42.5 Å². The predicted molar refractivity (Wildman–Crippen MR) is 82.8 cm³/mol. The van der Waals surface area contributed by atoms with Crippen LogP contribution in [0.2, 0.25) is 10.0 Å². The minimum Gasteiger partial charge on any atom is -0.496 e. The van der Waals surface area contributed by atoms with Crippen LogP contribution in [0.3, 0.4) is 0 Å². The lowest BCUT2D eigenvalue weighted by Crippen LogP contribution is -2.10. The first-order chi connectivity index (χ1) is 10.1. The number of halogens is 2. The molecule has 3 nitrogen and oxygen atoms in total. The van der Waals surface area contributed by atoms with Crippen LogP contribution < -0.4 is 4.74 Å². The van der Waals surface area contributed by atoms with Crippen LogP contribution in [0.1, 0.15) is 23.1 Å². The van der Waals surface area contributed by atoms with Crippen molar-refractivity contribution in [1.82, 2.24) is 0 Å². The van der Waals surface area contributed by atoms with Gasteiger partial charge >= 0.3 is 0 Å². The van der Waals surface area contributed by atoms with Crippen LogP contribution in [0, 0.1) is 11.3 Å². The Labute approximate surface area is 133 Å². The molecule has 0 bridgehead atoms. The molecule has 2 rings (SSSR count). The molecule has 0 radical (unpaired) electrons. The molecule has 2 aromatic carbocycles. The highest BCUT2D eigenvalue weighted by atomic mass is 35.5. The fourth-order valence-electron chi connectivity index (χ4n) is 2.12. The molecule has 21 heavy (non-hydrogen) atoms. The second-order valence-electron chi connectivity index (χ2n) is 4.47. The van der Waals surface area contributed by atoms with Crippen molar-refractivity contribution in [2.45, 2.75) is 12.0 Å². The highest BCUT2D eigenvalue weighted by Gasteiger charge is 2.25. The summed E-state index contributed by atoms with van der Waals surface area (Å²) in [5.74, 6) is -0.235. The Hall–Kier alpha value is -1.73. The van der Waals surface area contributed by atoms with Gasteiger partial charge in [-0.1, -0.05) is 47.5 Å².